The maximum Gasteiger partial charge on any atom is 0.247 e. The molecule has 0 atom stereocenters. The number of methoxy groups -OCH3 is 1. The van der Waals surface area contributed by atoms with Crippen LogP contribution >= 0.6 is 0 Å². The van der Waals surface area contributed by atoms with Gasteiger partial charge in [0.05, 0.1) is 13.2 Å². The summed E-state index contributed by atoms with van der Waals surface area (Å²) in [5.74, 6) is 0.289. The molecule has 0 radical (unpaired) electrons. The Morgan fingerprint density at radius 2 is 2.11 bits per heavy atom. The normalized spacial score (nSPS) is 11.3. The smallest absolute Gasteiger partial charge is 0.247 e. The molecule has 0 aliphatic rings. The highest BCUT2D eigenvalue weighted by Crippen LogP contribution is 2.27. The van der Waals surface area contributed by atoms with Crippen LogP contribution in [0.2, 0.25) is 0 Å². The largest absolute Gasteiger partial charge is 0.495 e. The molecule has 98 valence electrons. The molecule has 0 N–H and O–H groups in total. The fraction of sp³-hybridized carbons (Fsp3) is 0.417. The molecule has 0 unspecified atom stereocenters. The van der Waals surface area contributed by atoms with Gasteiger partial charge in [-0.25, -0.2) is 8.42 Å². The summed E-state index contributed by atoms with van der Waals surface area (Å²) < 4.78 is 30.9. The Bertz CT molecular complexity index is 561. The summed E-state index contributed by atoms with van der Waals surface area (Å²) in [6, 6.07) is 6.79. The Kier molecular flexibility index (Phi) is 4.70. The molecule has 0 saturated heterocycles. The Labute approximate surface area is 108 Å². The molecule has 0 bridgehead atoms. The van der Waals surface area contributed by atoms with Gasteiger partial charge in [-0.1, -0.05) is 13.0 Å². The summed E-state index contributed by atoms with van der Waals surface area (Å²) in [7, 11) is -2.27. The first-order valence-corrected chi connectivity index (χ1v) is 6.93. The lowest BCUT2D eigenvalue weighted by molar-refractivity contribution is 0.397. The number of nitrogens with zero attached hydrogens (tertiary/aromatic N) is 2. The van der Waals surface area contributed by atoms with E-state index in [1.54, 1.807) is 32.0 Å². The molecule has 1 aromatic carbocycles. The van der Waals surface area contributed by atoms with Gasteiger partial charge in [-0.3, -0.25) is 0 Å². The Hall–Kier alpha value is -1.58. The van der Waals surface area contributed by atoms with Gasteiger partial charge in [-0.15, -0.1) is 0 Å². The topological polar surface area (TPSA) is 70.4 Å². The van der Waals surface area contributed by atoms with Crippen LogP contribution in [0.4, 0.5) is 0 Å². The monoisotopic (exact) mass is 268 g/mol. The second kappa shape index (κ2) is 5.85. The summed E-state index contributed by atoms with van der Waals surface area (Å²) >= 11 is 0. The summed E-state index contributed by atoms with van der Waals surface area (Å²) in [4.78, 5) is 0.0992. The number of rotatable bonds is 5. The van der Waals surface area contributed by atoms with Gasteiger partial charge >= 0.3 is 0 Å². The zero-order valence-electron chi connectivity index (χ0n) is 10.7. The van der Waals surface area contributed by atoms with E-state index < -0.39 is 10.0 Å². The number of aryl methyl sites for hydroxylation is 1. The van der Waals surface area contributed by atoms with Crippen LogP contribution in [-0.4, -0.2) is 32.9 Å². The number of hydrogen-bond acceptors (Lipinski definition) is 4. The molecule has 0 spiro atoms. The maximum atomic E-state index is 12.4. The van der Waals surface area contributed by atoms with Crippen molar-refractivity contribution in [3.8, 4) is 11.8 Å². The third-order valence-electron chi connectivity index (χ3n) is 2.54. The van der Waals surface area contributed by atoms with Crippen molar-refractivity contribution >= 4 is 10.0 Å². The van der Waals surface area contributed by atoms with E-state index in [1.165, 1.54) is 7.11 Å². The van der Waals surface area contributed by atoms with Gasteiger partial charge in [-0.05, 0) is 24.6 Å². The molecule has 6 heteroatoms. The predicted molar refractivity (Wildman–Crippen MR) is 67.8 cm³/mol. The van der Waals surface area contributed by atoms with Crippen LogP contribution in [-0.2, 0) is 10.0 Å². The quantitative estimate of drug-likeness (QED) is 0.759. The third-order valence-corrected chi connectivity index (χ3v) is 4.48. The zero-order chi connectivity index (χ0) is 13.8. The van der Waals surface area contributed by atoms with Crippen LogP contribution in [0.3, 0.4) is 0 Å². The van der Waals surface area contributed by atoms with Gasteiger partial charge in [-0.2, -0.15) is 9.57 Å². The van der Waals surface area contributed by atoms with Gasteiger partial charge in [0, 0.05) is 6.54 Å². The summed E-state index contributed by atoms with van der Waals surface area (Å²) in [6.07, 6.45) is 0. The van der Waals surface area contributed by atoms with Gasteiger partial charge < -0.3 is 4.74 Å². The number of sulfonamides is 1. The van der Waals surface area contributed by atoms with Crippen molar-refractivity contribution in [2.24, 2.45) is 0 Å². The second-order valence-electron chi connectivity index (χ2n) is 3.74. The van der Waals surface area contributed by atoms with Crippen molar-refractivity contribution in [2.45, 2.75) is 18.7 Å². The van der Waals surface area contributed by atoms with Crippen molar-refractivity contribution in [3.63, 3.8) is 0 Å². The minimum atomic E-state index is -3.69. The van der Waals surface area contributed by atoms with Crippen LogP contribution < -0.4 is 4.74 Å². The molecule has 1 aromatic rings. The fourth-order valence-electron chi connectivity index (χ4n) is 1.57. The van der Waals surface area contributed by atoms with Crippen LogP contribution in [0, 0.1) is 18.3 Å². The van der Waals surface area contributed by atoms with E-state index in [0.29, 0.717) is 0 Å². The van der Waals surface area contributed by atoms with Gasteiger partial charge in [0.15, 0.2) is 0 Å². The van der Waals surface area contributed by atoms with Crippen LogP contribution in [0.25, 0.3) is 0 Å². The molecule has 0 aromatic heterocycles. The number of benzene rings is 1. The maximum absolute atomic E-state index is 12.4. The van der Waals surface area contributed by atoms with E-state index in [9.17, 15) is 8.42 Å². The van der Waals surface area contributed by atoms with Gasteiger partial charge in [0.25, 0.3) is 0 Å². The second-order valence-corrected chi connectivity index (χ2v) is 5.65. The Morgan fingerprint density at radius 1 is 1.44 bits per heavy atom. The fourth-order valence-corrected chi connectivity index (χ4v) is 3.16. The molecular formula is C12H16N2O3S. The molecule has 0 aliphatic carbocycles. The van der Waals surface area contributed by atoms with E-state index in [2.05, 4.69) is 0 Å². The standard InChI is InChI=1S/C12H16N2O3S/c1-4-14(8-7-13)18(15,16)12-9-10(2)5-6-11(12)17-3/h5-6,9H,4,8H2,1-3H3. The van der Waals surface area contributed by atoms with Crippen LogP contribution in [0.1, 0.15) is 12.5 Å². The minimum Gasteiger partial charge on any atom is -0.495 e. The first kappa shape index (κ1) is 14.5. The van der Waals surface area contributed by atoms with Crippen LogP contribution in [0.15, 0.2) is 23.1 Å². The molecule has 0 fully saturated rings. The Balaban J connectivity index is 3.35. The van der Waals surface area contributed by atoms with Crippen molar-refractivity contribution in [1.82, 2.24) is 4.31 Å². The third kappa shape index (κ3) is 2.81. The lowest BCUT2D eigenvalue weighted by Crippen LogP contribution is -2.31. The Morgan fingerprint density at radius 3 is 2.61 bits per heavy atom. The van der Waals surface area contributed by atoms with Crippen LogP contribution in [0.5, 0.6) is 5.75 Å². The van der Waals surface area contributed by atoms with E-state index in [1.807, 2.05) is 6.07 Å². The lowest BCUT2D eigenvalue weighted by Gasteiger charge is -2.19. The average Bonchev–Trinajstić information content (AvgIpc) is 2.35. The zero-order valence-corrected chi connectivity index (χ0v) is 11.5. The first-order chi connectivity index (χ1) is 8.47. The average molecular weight is 268 g/mol. The molecular weight excluding hydrogens is 252 g/mol. The number of ether oxygens (including phenoxy) is 1. The highest BCUT2D eigenvalue weighted by molar-refractivity contribution is 7.89. The lowest BCUT2D eigenvalue weighted by atomic mass is 10.2. The van der Waals surface area contributed by atoms with Crippen molar-refractivity contribution < 1.29 is 13.2 Å². The molecule has 5 nitrogen and oxygen atoms in total. The van der Waals surface area contributed by atoms with Gasteiger partial charge in [0.2, 0.25) is 10.0 Å². The summed E-state index contributed by atoms with van der Waals surface area (Å²) in [5.41, 5.74) is 0.822. The van der Waals surface area contributed by atoms with E-state index in [0.717, 1.165) is 9.87 Å². The van der Waals surface area contributed by atoms with Crippen molar-refractivity contribution in [3.05, 3.63) is 23.8 Å². The minimum absolute atomic E-state index is 0.0992. The highest BCUT2D eigenvalue weighted by atomic mass is 32.2. The SMILES string of the molecule is CCN(CC#N)S(=O)(=O)c1cc(C)ccc1OC. The molecule has 0 saturated carbocycles. The number of nitriles is 1. The van der Waals surface area contributed by atoms with E-state index in [-0.39, 0.29) is 23.7 Å². The summed E-state index contributed by atoms with van der Waals surface area (Å²) in [6.45, 7) is 3.57. The van der Waals surface area contributed by atoms with Gasteiger partial charge in [0.1, 0.15) is 17.2 Å². The number of hydrogen-bond donors (Lipinski definition) is 0. The molecule has 0 amide bonds. The molecule has 0 aliphatic heterocycles. The summed E-state index contributed by atoms with van der Waals surface area (Å²) in [5, 5.41) is 8.67. The molecule has 0 heterocycles. The van der Waals surface area contributed by atoms with E-state index >= 15 is 0 Å². The van der Waals surface area contributed by atoms with E-state index in [4.69, 9.17) is 10.00 Å². The van der Waals surface area contributed by atoms with Crippen molar-refractivity contribution in [1.29, 1.82) is 5.26 Å². The van der Waals surface area contributed by atoms with Crippen molar-refractivity contribution in [2.75, 3.05) is 20.2 Å². The molecule has 1 rings (SSSR count). The highest BCUT2D eigenvalue weighted by Gasteiger charge is 2.26. The first-order valence-electron chi connectivity index (χ1n) is 5.49. The predicted octanol–water partition coefficient (Wildman–Crippen LogP) is 1.54. The molecule has 18 heavy (non-hydrogen) atoms.